The Balaban J connectivity index is 1.94. The van der Waals surface area contributed by atoms with Crippen LogP contribution in [-0.4, -0.2) is 45.5 Å². The molecule has 8 nitrogen and oxygen atoms in total. The van der Waals surface area contributed by atoms with Gasteiger partial charge in [0.2, 0.25) is 0 Å². The maximum Gasteiger partial charge on any atom is 0.387 e. The van der Waals surface area contributed by atoms with Crippen LogP contribution < -0.4 is 15.4 Å². The van der Waals surface area contributed by atoms with Gasteiger partial charge in [0.1, 0.15) is 18.1 Å². The average molecular weight is 382 g/mol. The van der Waals surface area contributed by atoms with Crippen LogP contribution in [0.5, 0.6) is 5.75 Å². The molecule has 1 atom stereocenters. The summed E-state index contributed by atoms with van der Waals surface area (Å²) in [5, 5.41) is 24.4. The third-order valence-electron chi connectivity index (χ3n) is 3.86. The number of aryl methyl sites for hydroxylation is 1. The highest BCUT2D eigenvalue weighted by atomic mass is 19.3. The van der Waals surface area contributed by atoms with Crippen molar-refractivity contribution in [1.29, 1.82) is 0 Å². The van der Waals surface area contributed by atoms with Gasteiger partial charge < -0.3 is 25.0 Å². The zero-order valence-electron chi connectivity index (χ0n) is 15.5. The van der Waals surface area contributed by atoms with Crippen molar-refractivity contribution in [2.45, 2.75) is 33.1 Å². The maximum absolute atomic E-state index is 12.2. The molecule has 1 aromatic carbocycles. The van der Waals surface area contributed by atoms with Gasteiger partial charge in [-0.15, -0.1) is 10.2 Å². The molecule has 2 aromatic rings. The second-order valence-corrected chi connectivity index (χ2v) is 5.76. The number of aliphatic imine (C=N–C) groups is 1. The van der Waals surface area contributed by atoms with Crippen molar-refractivity contribution in [3.63, 3.8) is 0 Å². The number of benzene rings is 1. The Morgan fingerprint density at radius 2 is 1.96 bits per heavy atom. The number of aliphatic hydroxyl groups excluding tert-OH is 1. The summed E-state index contributed by atoms with van der Waals surface area (Å²) in [4.78, 5) is 4.43. The summed E-state index contributed by atoms with van der Waals surface area (Å²) in [6, 6.07) is 5.85. The molecule has 1 unspecified atom stereocenters. The molecule has 0 amide bonds. The first kappa shape index (κ1) is 20.6. The van der Waals surface area contributed by atoms with Crippen molar-refractivity contribution in [2.24, 2.45) is 12.0 Å². The monoisotopic (exact) mass is 382 g/mol. The summed E-state index contributed by atoms with van der Waals surface area (Å²) in [5.74, 6) is 2.09. The normalized spacial score (nSPS) is 12.9. The Hall–Kier alpha value is -2.75. The molecule has 10 heteroatoms. The number of rotatable bonds is 8. The fourth-order valence-corrected chi connectivity index (χ4v) is 2.26. The molecule has 0 bridgehead atoms. The SMILES string of the molecule is CCNC(=NCc1nnc(C)n1C)NCC(O)c1ccc(OC(F)F)cc1. The summed E-state index contributed by atoms with van der Waals surface area (Å²) >= 11 is 0. The number of guanidine groups is 1. The Morgan fingerprint density at radius 3 is 2.52 bits per heavy atom. The molecule has 3 N–H and O–H groups in total. The van der Waals surface area contributed by atoms with Gasteiger partial charge in [0.15, 0.2) is 11.8 Å². The van der Waals surface area contributed by atoms with E-state index < -0.39 is 12.7 Å². The number of aliphatic hydroxyl groups is 1. The van der Waals surface area contributed by atoms with E-state index in [4.69, 9.17) is 0 Å². The molecular weight excluding hydrogens is 358 g/mol. The first-order valence-corrected chi connectivity index (χ1v) is 8.50. The smallest absolute Gasteiger partial charge is 0.387 e. The van der Waals surface area contributed by atoms with Crippen LogP contribution in [-0.2, 0) is 13.6 Å². The lowest BCUT2D eigenvalue weighted by Gasteiger charge is -2.16. The Kier molecular flexibility index (Phi) is 7.47. The van der Waals surface area contributed by atoms with E-state index in [1.807, 2.05) is 25.5 Å². The van der Waals surface area contributed by atoms with Crippen LogP contribution in [0.3, 0.4) is 0 Å². The zero-order chi connectivity index (χ0) is 19.8. The fourth-order valence-electron chi connectivity index (χ4n) is 2.26. The van der Waals surface area contributed by atoms with Gasteiger partial charge >= 0.3 is 6.61 Å². The number of aromatic nitrogens is 3. The van der Waals surface area contributed by atoms with Gasteiger partial charge in [0.25, 0.3) is 0 Å². The number of nitrogens with zero attached hydrogens (tertiary/aromatic N) is 4. The second-order valence-electron chi connectivity index (χ2n) is 5.76. The van der Waals surface area contributed by atoms with Crippen molar-refractivity contribution < 1.29 is 18.6 Å². The molecule has 1 aromatic heterocycles. The number of hydrogen-bond acceptors (Lipinski definition) is 5. The minimum atomic E-state index is -2.88. The summed E-state index contributed by atoms with van der Waals surface area (Å²) in [7, 11) is 1.87. The van der Waals surface area contributed by atoms with E-state index in [9.17, 15) is 13.9 Å². The van der Waals surface area contributed by atoms with Crippen molar-refractivity contribution in [3.05, 3.63) is 41.5 Å². The third-order valence-corrected chi connectivity index (χ3v) is 3.86. The third kappa shape index (κ3) is 6.17. The highest BCUT2D eigenvalue weighted by molar-refractivity contribution is 5.79. The van der Waals surface area contributed by atoms with Crippen molar-refractivity contribution in [1.82, 2.24) is 25.4 Å². The van der Waals surface area contributed by atoms with Crippen molar-refractivity contribution >= 4 is 5.96 Å². The van der Waals surface area contributed by atoms with Crippen LogP contribution in [0.1, 0.15) is 30.2 Å². The molecule has 1 heterocycles. The molecule has 148 valence electrons. The largest absolute Gasteiger partial charge is 0.435 e. The van der Waals surface area contributed by atoms with E-state index in [1.165, 1.54) is 24.3 Å². The standard InChI is InChI=1S/C17H24F2N6O2/c1-4-20-17(22-10-15-24-23-11(2)25(15)3)21-9-14(26)12-5-7-13(8-6-12)27-16(18)19/h5-8,14,16,26H,4,9-10H2,1-3H3,(H2,20,21,22). The maximum atomic E-state index is 12.2. The van der Waals surface area contributed by atoms with Crippen LogP contribution in [0.25, 0.3) is 0 Å². The van der Waals surface area contributed by atoms with Crippen LogP contribution >= 0.6 is 0 Å². The van der Waals surface area contributed by atoms with Crippen molar-refractivity contribution in [3.8, 4) is 5.75 Å². The molecule has 0 saturated carbocycles. The lowest BCUT2D eigenvalue weighted by Crippen LogP contribution is -2.39. The van der Waals surface area contributed by atoms with Crippen LogP contribution in [0.15, 0.2) is 29.3 Å². The first-order valence-electron chi connectivity index (χ1n) is 8.50. The van der Waals surface area contributed by atoms with E-state index in [2.05, 4.69) is 30.6 Å². The van der Waals surface area contributed by atoms with E-state index >= 15 is 0 Å². The number of hydrogen-bond donors (Lipinski definition) is 3. The molecule has 0 saturated heterocycles. The molecule has 27 heavy (non-hydrogen) atoms. The predicted molar refractivity (Wildman–Crippen MR) is 96.6 cm³/mol. The Labute approximate surface area is 156 Å². The highest BCUT2D eigenvalue weighted by Gasteiger charge is 2.11. The Bertz CT molecular complexity index is 748. The zero-order valence-corrected chi connectivity index (χ0v) is 15.5. The number of ether oxygens (including phenoxy) is 1. The second kappa shape index (κ2) is 9.81. The number of alkyl halides is 2. The van der Waals surface area contributed by atoms with Gasteiger partial charge in [-0.05, 0) is 31.5 Å². The molecule has 0 fully saturated rings. The summed E-state index contributed by atoms with van der Waals surface area (Å²) in [5.41, 5.74) is 0.573. The fraction of sp³-hybridized carbons (Fsp3) is 0.471. The number of nitrogens with one attached hydrogen (secondary N) is 2. The predicted octanol–water partition coefficient (Wildman–Crippen LogP) is 1.51. The molecule has 0 spiro atoms. The first-order chi connectivity index (χ1) is 12.9. The van der Waals surface area contributed by atoms with Crippen LogP contribution in [0, 0.1) is 6.92 Å². The average Bonchev–Trinajstić information content (AvgIpc) is 2.96. The van der Waals surface area contributed by atoms with Crippen LogP contribution in [0.4, 0.5) is 8.78 Å². The van der Waals surface area contributed by atoms with Crippen molar-refractivity contribution in [2.75, 3.05) is 13.1 Å². The number of halogens is 2. The molecule has 0 radical (unpaired) electrons. The molecule has 0 aliphatic rings. The molecule has 2 rings (SSSR count). The Morgan fingerprint density at radius 1 is 1.26 bits per heavy atom. The quantitative estimate of drug-likeness (QED) is 0.473. The van der Waals surface area contributed by atoms with Gasteiger partial charge in [-0.25, -0.2) is 4.99 Å². The van der Waals surface area contributed by atoms with Gasteiger partial charge in [-0.3, -0.25) is 0 Å². The summed E-state index contributed by atoms with van der Waals surface area (Å²) < 4.78 is 30.5. The molecule has 0 aliphatic heterocycles. The van der Waals surface area contributed by atoms with Gasteiger partial charge in [-0.2, -0.15) is 8.78 Å². The van der Waals surface area contributed by atoms with E-state index in [0.717, 1.165) is 11.6 Å². The molecule has 0 aliphatic carbocycles. The minimum Gasteiger partial charge on any atom is -0.435 e. The lowest BCUT2D eigenvalue weighted by molar-refractivity contribution is -0.0498. The van der Waals surface area contributed by atoms with Gasteiger partial charge in [-0.1, -0.05) is 12.1 Å². The summed E-state index contributed by atoms with van der Waals surface area (Å²) in [6.07, 6.45) is -0.841. The van der Waals surface area contributed by atoms with E-state index in [0.29, 0.717) is 24.6 Å². The van der Waals surface area contributed by atoms with Gasteiger partial charge in [0.05, 0.1) is 6.10 Å². The lowest BCUT2D eigenvalue weighted by atomic mass is 10.1. The van der Waals surface area contributed by atoms with Gasteiger partial charge in [0, 0.05) is 20.1 Å². The van der Waals surface area contributed by atoms with E-state index in [-0.39, 0.29) is 12.3 Å². The topological polar surface area (TPSA) is 96.6 Å². The summed E-state index contributed by atoms with van der Waals surface area (Å²) in [6.45, 7) is 2.10. The highest BCUT2D eigenvalue weighted by Crippen LogP contribution is 2.18. The minimum absolute atomic E-state index is 0.0442. The molecular formula is C17H24F2N6O2. The van der Waals surface area contributed by atoms with E-state index in [1.54, 1.807) is 0 Å². The van der Waals surface area contributed by atoms with Crippen LogP contribution in [0.2, 0.25) is 0 Å².